The molecule has 0 atom stereocenters. The van der Waals surface area contributed by atoms with Crippen molar-refractivity contribution in [2.24, 2.45) is 5.92 Å². The molecule has 0 heterocycles. The molecular formula is C25H27N3O3. The zero-order chi connectivity index (χ0) is 22.1. The molecule has 0 aliphatic rings. The third kappa shape index (κ3) is 7.19. The molecule has 3 N–H and O–H groups in total. The van der Waals surface area contributed by atoms with E-state index in [2.05, 4.69) is 16.0 Å². The number of carbonyl (C=O) groups excluding carboxylic acids is 2. The second-order valence-corrected chi connectivity index (χ2v) is 7.42. The lowest BCUT2D eigenvalue weighted by molar-refractivity contribution is -0.119. The molecule has 0 saturated carbocycles. The van der Waals surface area contributed by atoms with E-state index in [9.17, 15) is 9.59 Å². The molecule has 160 valence electrons. The van der Waals surface area contributed by atoms with Gasteiger partial charge < -0.3 is 20.7 Å². The van der Waals surface area contributed by atoms with Crippen molar-refractivity contribution in [2.45, 2.75) is 20.5 Å². The largest absolute Gasteiger partial charge is 0.489 e. The third-order valence-corrected chi connectivity index (χ3v) is 4.52. The van der Waals surface area contributed by atoms with Gasteiger partial charge in [-0.25, -0.2) is 0 Å². The Hall–Kier alpha value is -3.80. The number of hydrogen-bond acceptors (Lipinski definition) is 4. The zero-order valence-corrected chi connectivity index (χ0v) is 17.7. The van der Waals surface area contributed by atoms with Gasteiger partial charge in [0.15, 0.2) is 0 Å². The number of ether oxygens (including phenoxy) is 1. The van der Waals surface area contributed by atoms with E-state index in [1.54, 1.807) is 24.3 Å². The van der Waals surface area contributed by atoms with Crippen LogP contribution in [0.25, 0.3) is 0 Å². The average molecular weight is 418 g/mol. The maximum Gasteiger partial charge on any atom is 0.243 e. The molecular weight excluding hydrogens is 390 g/mol. The first-order chi connectivity index (χ1) is 15.0. The highest BCUT2D eigenvalue weighted by Gasteiger charge is 2.07. The van der Waals surface area contributed by atoms with Crippen molar-refractivity contribution >= 4 is 28.9 Å². The molecule has 3 aromatic rings. The number of hydrogen-bond donors (Lipinski definition) is 3. The van der Waals surface area contributed by atoms with Gasteiger partial charge in [-0.15, -0.1) is 0 Å². The van der Waals surface area contributed by atoms with Gasteiger partial charge in [0.05, 0.1) is 6.54 Å². The Bertz CT molecular complexity index is 985. The minimum atomic E-state index is -0.164. The second-order valence-electron chi connectivity index (χ2n) is 7.42. The van der Waals surface area contributed by atoms with Gasteiger partial charge in [0.25, 0.3) is 0 Å². The molecule has 0 aliphatic carbocycles. The van der Waals surface area contributed by atoms with Crippen molar-refractivity contribution in [1.82, 2.24) is 0 Å². The predicted octanol–water partition coefficient (Wildman–Crippen LogP) is 4.91. The highest BCUT2D eigenvalue weighted by atomic mass is 16.5. The van der Waals surface area contributed by atoms with E-state index in [-0.39, 0.29) is 24.3 Å². The highest BCUT2D eigenvalue weighted by Crippen LogP contribution is 2.18. The summed E-state index contributed by atoms with van der Waals surface area (Å²) in [5, 5.41) is 8.73. The van der Waals surface area contributed by atoms with Crippen molar-refractivity contribution in [3.05, 3.63) is 84.4 Å². The fraction of sp³-hybridized carbons (Fsp3) is 0.200. The number of amides is 2. The Morgan fingerprint density at radius 2 is 1.35 bits per heavy atom. The maximum absolute atomic E-state index is 12.2. The summed E-state index contributed by atoms with van der Waals surface area (Å²) in [6.07, 6.45) is 0. The molecule has 0 spiro atoms. The monoisotopic (exact) mass is 417 g/mol. The van der Waals surface area contributed by atoms with Crippen LogP contribution in [0.1, 0.15) is 19.4 Å². The standard InChI is InChI=1S/C25H27N3O3/c1-18(2)25(30)28-22-10-8-21(9-11-22)27-24(29)16-26-20-12-14-23(15-13-20)31-17-19-6-4-3-5-7-19/h3-15,18,26H,16-17H2,1-2H3,(H,27,29)(H,28,30). The second kappa shape index (κ2) is 10.8. The topological polar surface area (TPSA) is 79.5 Å². The van der Waals surface area contributed by atoms with E-state index in [0.717, 1.165) is 17.0 Å². The van der Waals surface area contributed by atoms with Crippen LogP contribution in [-0.4, -0.2) is 18.4 Å². The summed E-state index contributed by atoms with van der Waals surface area (Å²) in [5.74, 6) is 0.472. The fourth-order valence-corrected chi connectivity index (χ4v) is 2.72. The number of anilines is 3. The molecule has 6 nitrogen and oxygen atoms in total. The van der Waals surface area contributed by atoms with Gasteiger partial charge in [-0.2, -0.15) is 0 Å². The van der Waals surface area contributed by atoms with Crippen LogP contribution in [-0.2, 0) is 16.2 Å². The summed E-state index contributed by atoms with van der Waals surface area (Å²) < 4.78 is 5.76. The third-order valence-electron chi connectivity index (χ3n) is 4.52. The van der Waals surface area contributed by atoms with Crippen molar-refractivity contribution in [2.75, 3.05) is 22.5 Å². The Morgan fingerprint density at radius 1 is 0.774 bits per heavy atom. The average Bonchev–Trinajstić information content (AvgIpc) is 2.79. The first kappa shape index (κ1) is 21.9. The minimum Gasteiger partial charge on any atom is -0.489 e. The van der Waals surface area contributed by atoms with Crippen LogP contribution in [0.5, 0.6) is 5.75 Å². The Balaban J connectivity index is 1.42. The normalized spacial score (nSPS) is 10.4. The summed E-state index contributed by atoms with van der Waals surface area (Å²) in [5.41, 5.74) is 3.30. The van der Waals surface area contributed by atoms with Gasteiger partial charge >= 0.3 is 0 Å². The van der Waals surface area contributed by atoms with Crippen LogP contribution in [0.4, 0.5) is 17.1 Å². The summed E-state index contributed by atoms with van der Waals surface area (Å²) >= 11 is 0. The molecule has 3 aromatic carbocycles. The molecule has 2 amide bonds. The van der Waals surface area contributed by atoms with E-state index >= 15 is 0 Å². The molecule has 6 heteroatoms. The number of rotatable bonds is 9. The highest BCUT2D eigenvalue weighted by molar-refractivity contribution is 5.95. The van der Waals surface area contributed by atoms with Gasteiger partial charge in [-0.1, -0.05) is 44.2 Å². The van der Waals surface area contributed by atoms with Gasteiger partial charge in [0, 0.05) is 23.0 Å². The molecule has 31 heavy (non-hydrogen) atoms. The lowest BCUT2D eigenvalue weighted by Gasteiger charge is -2.11. The molecule has 0 unspecified atom stereocenters. The van der Waals surface area contributed by atoms with E-state index in [4.69, 9.17) is 4.74 Å². The summed E-state index contributed by atoms with van der Waals surface area (Å²) in [4.78, 5) is 23.9. The molecule has 0 saturated heterocycles. The van der Waals surface area contributed by atoms with E-state index in [1.165, 1.54) is 0 Å². The predicted molar refractivity (Wildman–Crippen MR) is 124 cm³/mol. The molecule has 3 rings (SSSR count). The Kier molecular flexibility index (Phi) is 7.65. The van der Waals surface area contributed by atoms with Crippen molar-refractivity contribution in [3.63, 3.8) is 0 Å². The van der Waals surface area contributed by atoms with Crippen LogP contribution < -0.4 is 20.7 Å². The van der Waals surface area contributed by atoms with Crippen LogP contribution in [0.2, 0.25) is 0 Å². The van der Waals surface area contributed by atoms with E-state index in [1.807, 2.05) is 68.4 Å². The first-order valence-corrected chi connectivity index (χ1v) is 10.2. The number of benzene rings is 3. The van der Waals surface area contributed by atoms with Crippen LogP contribution in [0, 0.1) is 5.92 Å². The minimum absolute atomic E-state index is 0.0440. The molecule has 0 fully saturated rings. The summed E-state index contributed by atoms with van der Waals surface area (Å²) in [6.45, 7) is 4.32. The number of carbonyl (C=O) groups is 2. The lowest BCUT2D eigenvalue weighted by Crippen LogP contribution is -2.21. The summed E-state index contributed by atoms with van der Waals surface area (Å²) in [7, 11) is 0. The summed E-state index contributed by atoms with van der Waals surface area (Å²) in [6, 6.07) is 24.5. The van der Waals surface area contributed by atoms with Crippen molar-refractivity contribution in [1.29, 1.82) is 0 Å². The van der Waals surface area contributed by atoms with Gasteiger partial charge in [0.1, 0.15) is 12.4 Å². The van der Waals surface area contributed by atoms with Crippen LogP contribution in [0.3, 0.4) is 0 Å². The van der Waals surface area contributed by atoms with Crippen molar-refractivity contribution in [3.8, 4) is 5.75 Å². The zero-order valence-electron chi connectivity index (χ0n) is 17.7. The quantitative estimate of drug-likeness (QED) is 0.462. The smallest absolute Gasteiger partial charge is 0.243 e. The van der Waals surface area contributed by atoms with Crippen LogP contribution in [0.15, 0.2) is 78.9 Å². The first-order valence-electron chi connectivity index (χ1n) is 10.2. The number of nitrogens with one attached hydrogen (secondary N) is 3. The SMILES string of the molecule is CC(C)C(=O)Nc1ccc(NC(=O)CNc2ccc(OCc3ccccc3)cc2)cc1. The Morgan fingerprint density at radius 3 is 1.97 bits per heavy atom. The molecule has 0 aliphatic heterocycles. The van der Waals surface area contributed by atoms with Gasteiger partial charge in [-0.3, -0.25) is 9.59 Å². The molecule has 0 aromatic heterocycles. The van der Waals surface area contributed by atoms with Gasteiger partial charge in [0.2, 0.25) is 11.8 Å². The van der Waals surface area contributed by atoms with E-state index in [0.29, 0.717) is 18.0 Å². The van der Waals surface area contributed by atoms with Crippen LogP contribution >= 0.6 is 0 Å². The van der Waals surface area contributed by atoms with E-state index < -0.39 is 0 Å². The Labute approximate surface area is 182 Å². The molecule has 0 bridgehead atoms. The van der Waals surface area contributed by atoms with Gasteiger partial charge in [-0.05, 0) is 54.1 Å². The molecule has 0 radical (unpaired) electrons. The lowest BCUT2D eigenvalue weighted by atomic mass is 10.2. The maximum atomic E-state index is 12.2. The fourth-order valence-electron chi connectivity index (χ4n) is 2.72. The van der Waals surface area contributed by atoms with Crippen molar-refractivity contribution < 1.29 is 14.3 Å².